The number of rotatable bonds is 10. The summed E-state index contributed by atoms with van der Waals surface area (Å²) in [5, 5.41) is 1.64. The highest BCUT2D eigenvalue weighted by Crippen LogP contribution is 2.45. The highest BCUT2D eigenvalue weighted by molar-refractivity contribution is 6.11. The number of benzene rings is 2. The van der Waals surface area contributed by atoms with Crippen molar-refractivity contribution in [1.29, 1.82) is 0 Å². The Balaban J connectivity index is 0.00000242. The molecule has 3 heterocycles. The highest BCUT2D eigenvalue weighted by atomic mass is 35.5. The van der Waals surface area contributed by atoms with E-state index in [1.165, 1.54) is 33.0 Å². The fourth-order valence-corrected chi connectivity index (χ4v) is 5.34. The number of hydrogen-bond donors (Lipinski definition) is 1. The lowest BCUT2D eigenvalue weighted by Gasteiger charge is -2.19. The molecule has 4 aromatic rings. The Morgan fingerprint density at radius 2 is 1.62 bits per heavy atom. The minimum atomic E-state index is -0.555. The smallest absolute Gasteiger partial charge is 0.357 e. The molecular weight excluding hydrogens is 581 g/mol. The summed E-state index contributed by atoms with van der Waals surface area (Å²) in [5.74, 6) is 1.58. The van der Waals surface area contributed by atoms with Gasteiger partial charge in [0, 0.05) is 29.9 Å². The van der Waals surface area contributed by atoms with Gasteiger partial charge in [-0.05, 0) is 47.3 Å². The molecule has 0 amide bonds. The van der Waals surface area contributed by atoms with Crippen molar-refractivity contribution in [2.75, 3.05) is 54.7 Å². The van der Waals surface area contributed by atoms with Gasteiger partial charge in [-0.3, -0.25) is 0 Å². The molecule has 0 bridgehead atoms. The van der Waals surface area contributed by atoms with E-state index in [9.17, 15) is 4.79 Å². The van der Waals surface area contributed by atoms with E-state index in [2.05, 4.69) is 4.98 Å². The topological polar surface area (TPSA) is 94.7 Å². The van der Waals surface area contributed by atoms with Gasteiger partial charge in [-0.1, -0.05) is 0 Å². The predicted molar refractivity (Wildman–Crippen MR) is 150 cm³/mol. The van der Waals surface area contributed by atoms with Gasteiger partial charge >= 0.3 is 5.97 Å². The first-order chi connectivity index (χ1) is 19.6. The summed E-state index contributed by atoms with van der Waals surface area (Å²) >= 11 is 0. The Bertz CT molecular complexity index is 1490. The van der Waals surface area contributed by atoms with E-state index in [-0.39, 0.29) is 30.5 Å². The monoisotopic (exact) mass is 615 g/mol. The molecule has 0 saturated carbocycles. The standard InChI is InChI=1S/C31H33N3O6.2ClH/c1-36-25-16-21(17-26(37-2)30(25)38-3)27-23-10-9-22(40-15-14-34-12-5-6-13-34)18-24(23)28(20-8-7-11-32-19-20)33-29(27)31(35)39-4;;/h7-11,16-19H,5-6,12-15H2,1-4H3;2*1H. The first-order valence-electron chi connectivity index (χ1n) is 13.4. The van der Waals surface area contributed by atoms with E-state index in [0.29, 0.717) is 40.7 Å². The summed E-state index contributed by atoms with van der Waals surface area (Å²) in [7, 11) is 6.01. The maximum Gasteiger partial charge on any atom is 0.357 e. The molecule has 0 atom stereocenters. The van der Waals surface area contributed by atoms with Crippen LogP contribution >= 0.6 is 0 Å². The van der Waals surface area contributed by atoms with Crippen LogP contribution < -0.4 is 53.6 Å². The molecule has 5 rings (SSSR count). The molecule has 0 spiro atoms. The van der Waals surface area contributed by atoms with Gasteiger partial charge in [0.1, 0.15) is 18.9 Å². The van der Waals surface area contributed by atoms with Gasteiger partial charge < -0.3 is 53.4 Å². The van der Waals surface area contributed by atoms with E-state index in [0.717, 1.165) is 28.6 Å². The molecule has 1 saturated heterocycles. The minimum absolute atomic E-state index is 0. The van der Waals surface area contributed by atoms with Crippen LogP contribution in [0.2, 0.25) is 0 Å². The van der Waals surface area contributed by atoms with Crippen molar-refractivity contribution < 1.29 is 63.2 Å². The molecule has 2 N–H and O–H groups in total. The van der Waals surface area contributed by atoms with Crippen molar-refractivity contribution in [2.24, 2.45) is 0 Å². The van der Waals surface area contributed by atoms with Gasteiger partial charge in [-0.25, -0.2) is 14.8 Å². The van der Waals surface area contributed by atoms with Gasteiger partial charge in [-0.2, -0.15) is 0 Å². The predicted octanol–water partition coefficient (Wildman–Crippen LogP) is -2.74. The van der Waals surface area contributed by atoms with Crippen LogP contribution in [0.1, 0.15) is 23.3 Å². The largest absolute Gasteiger partial charge is 1.00 e. The number of ether oxygens (including phenoxy) is 5. The molecule has 0 aliphatic carbocycles. The number of H-pyrrole nitrogens is 1. The average molecular weight is 617 g/mol. The van der Waals surface area contributed by atoms with Crippen LogP contribution in [0.5, 0.6) is 23.0 Å². The van der Waals surface area contributed by atoms with Gasteiger partial charge in [0.25, 0.3) is 0 Å². The number of nitrogens with zero attached hydrogens (tertiary/aromatic N) is 1. The van der Waals surface area contributed by atoms with Crippen LogP contribution in [0, 0.1) is 0 Å². The lowest BCUT2D eigenvalue weighted by molar-refractivity contribution is -0.887. The number of aromatic amines is 1. The zero-order valence-electron chi connectivity index (χ0n) is 24.1. The van der Waals surface area contributed by atoms with Gasteiger partial charge in [-0.15, -0.1) is 0 Å². The third-order valence-corrected chi connectivity index (χ3v) is 7.32. The number of nitrogens with one attached hydrogen (secondary N) is 2. The van der Waals surface area contributed by atoms with Crippen molar-refractivity contribution in [1.82, 2.24) is 4.98 Å². The van der Waals surface area contributed by atoms with Crippen molar-refractivity contribution in [3.05, 3.63) is 60.6 Å². The van der Waals surface area contributed by atoms with Gasteiger partial charge in [0.2, 0.25) is 5.75 Å². The van der Waals surface area contributed by atoms with Crippen LogP contribution in [0.15, 0.2) is 54.9 Å². The van der Waals surface area contributed by atoms with Crippen molar-refractivity contribution >= 4 is 16.7 Å². The van der Waals surface area contributed by atoms with Crippen LogP contribution in [-0.4, -0.2) is 65.6 Å². The third-order valence-electron chi connectivity index (χ3n) is 7.32. The molecule has 0 unspecified atom stereocenters. The molecule has 2 aromatic heterocycles. The van der Waals surface area contributed by atoms with E-state index in [1.807, 2.05) is 54.9 Å². The van der Waals surface area contributed by atoms with E-state index in [4.69, 9.17) is 28.7 Å². The molecular formula is C31H35Cl2N3O6. The zero-order chi connectivity index (χ0) is 28.1. The van der Waals surface area contributed by atoms with Gasteiger partial charge in [0.15, 0.2) is 29.6 Å². The van der Waals surface area contributed by atoms with E-state index >= 15 is 0 Å². The first kappa shape index (κ1) is 32.7. The number of methoxy groups -OCH3 is 4. The molecule has 1 aliphatic rings. The Labute approximate surface area is 257 Å². The number of pyridine rings is 2. The van der Waals surface area contributed by atoms with E-state index in [1.54, 1.807) is 26.2 Å². The fourth-order valence-electron chi connectivity index (χ4n) is 5.34. The number of quaternary nitrogens is 1. The van der Waals surface area contributed by atoms with Crippen molar-refractivity contribution in [3.8, 4) is 45.4 Å². The summed E-state index contributed by atoms with van der Waals surface area (Å²) < 4.78 is 28.2. The Morgan fingerprint density at radius 3 is 2.21 bits per heavy atom. The molecule has 9 nitrogen and oxygen atoms in total. The molecule has 1 aliphatic heterocycles. The van der Waals surface area contributed by atoms with Crippen LogP contribution in [0.3, 0.4) is 0 Å². The summed E-state index contributed by atoms with van der Waals surface area (Å²) in [6, 6.07) is 13.4. The maximum atomic E-state index is 13.2. The molecule has 1 fully saturated rings. The maximum absolute atomic E-state index is 13.2. The SMILES string of the molecule is COC(=O)c1nc(-c2ccc[nH+]c2)c2cc(OCC[NH+]3CCCC3)ccc2c1-c1cc(OC)c(OC)c(OC)c1.[Cl-].[Cl-]. The molecule has 0 radical (unpaired) electrons. The Hall–Kier alpha value is -3.79. The number of likely N-dealkylation sites (tertiary alicyclic amines) is 1. The molecule has 11 heteroatoms. The molecule has 42 heavy (non-hydrogen) atoms. The Kier molecular flexibility index (Phi) is 11.6. The third kappa shape index (κ3) is 6.64. The summed E-state index contributed by atoms with van der Waals surface area (Å²) in [4.78, 5) is 22.8. The molecule has 2 aromatic carbocycles. The first-order valence-corrected chi connectivity index (χ1v) is 13.4. The van der Waals surface area contributed by atoms with Crippen LogP contribution in [0.4, 0.5) is 0 Å². The second-order valence-corrected chi connectivity index (χ2v) is 9.64. The van der Waals surface area contributed by atoms with Gasteiger partial charge in [0.05, 0.1) is 52.8 Å². The second-order valence-electron chi connectivity index (χ2n) is 9.64. The minimum Gasteiger partial charge on any atom is -1.00 e. The number of fused-ring (bicyclic) bond motifs is 1. The lowest BCUT2D eigenvalue weighted by Crippen LogP contribution is -3.10. The number of halogens is 2. The second kappa shape index (κ2) is 14.9. The fraction of sp³-hybridized carbons (Fsp3) is 0.323. The Morgan fingerprint density at radius 1 is 0.905 bits per heavy atom. The summed E-state index contributed by atoms with van der Waals surface area (Å²) in [6.07, 6.45) is 6.24. The van der Waals surface area contributed by atoms with E-state index < -0.39 is 5.97 Å². The highest BCUT2D eigenvalue weighted by Gasteiger charge is 2.25. The van der Waals surface area contributed by atoms with Crippen LogP contribution in [0.25, 0.3) is 33.2 Å². The number of esters is 1. The van der Waals surface area contributed by atoms with Crippen molar-refractivity contribution in [3.63, 3.8) is 0 Å². The summed E-state index contributed by atoms with van der Waals surface area (Å²) in [5.41, 5.74) is 2.91. The number of aromatic nitrogens is 2. The number of carbonyl (C=O) groups excluding carboxylic acids is 1. The number of carbonyl (C=O) groups is 1. The number of hydrogen-bond acceptors (Lipinski definition) is 7. The quantitative estimate of drug-likeness (QED) is 0.194. The average Bonchev–Trinajstić information content (AvgIpc) is 3.53. The van der Waals surface area contributed by atoms with Crippen LogP contribution in [-0.2, 0) is 4.74 Å². The lowest BCUT2D eigenvalue weighted by atomic mass is 9.93. The van der Waals surface area contributed by atoms with Crippen molar-refractivity contribution in [2.45, 2.75) is 12.8 Å². The normalized spacial score (nSPS) is 12.7. The summed E-state index contributed by atoms with van der Waals surface area (Å²) in [6.45, 7) is 4.00. The molecule has 224 valence electrons. The zero-order valence-corrected chi connectivity index (χ0v) is 25.6.